The number of hydrazine groups is 1. The lowest BCUT2D eigenvalue weighted by atomic mass is 10.1. The van der Waals surface area contributed by atoms with Crippen LogP contribution in [0.1, 0.15) is 17.2 Å². The molecule has 0 aromatic heterocycles. The lowest BCUT2D eigenvalue weighted by molar-refractivity contribution is -0.137. The minimum atomic E-state index is -4.52. The minimum absolute atomic E-state index is 0.240. The van der Waals surface area contributed by atoms with Gasteiger partial charge in [0.2, 0.25) is 0 Å². The van der Waals surface area contributed by atoms with Crippen LogP contribution in [-0.2, 0) is 15.7 Å². The number of carbonyl (C=O) groups excluding carboxylic acids is 1. The highest BCUT2D eigenvalue weighted by atomic mass is 19.4. The number of anilines is 1. The van der Waals surface area contributed by atoms with Crippen molar-refractivity contribution in [3.63, 3.8) is 0 Å². The van der Waals surface area contributed by atoms with Gasteiger partial charge in [-0.3, -0.25) is 15.6 Å². The van der Waals surface area contributed by atoms with Gasteiger partial charge < -0.3 is 4.74 Å². The van der Waals surface area contributed by atoms with Gasteiger partial charge in [0.05, 0.1) is 11.3 Å². The topological polar surface area (TPSA) is 50.4 Å². The van der Waals surface area contributed by atoms with Gasteiger partial charge in [-0.15, -0.1) is 0 Å². The monoisotopic (exact) mass is 324 g/mol. The molecule has 0 unspecified atom stereocenters. The second-order valence-corrected chi connectivity index (χ2v) is 4.68. The molecule has 0 spiro atoms. The molecule has 2 N–H and O–H groups in total. The number of rotatable bonds is 5. The van der Waals surface area contributed by atoms with E-state index in [2.05, 4.69) is 10.9 Å². The van der Waals surface area contributed by atoms with Gasteiger partial charge in [-0.1, -0.05) is 42.5 Å². The number of halogens is 3. The fourth-order valence-electron chi connectivity index (χ4n) is 2.06. The van der Waals surface area contributed by atoms with Crippen molar-refractivity contribution in [1.82, 2.24) is 5.43 Å². The third kappa shape index (κ3) is 4.23. The van der Waals surface area contributed by atoms with Crippen LogP contribution in [0.2, 0.25) is 0 Å². The molecule has 0 aliphatic rings. The van der Waals surface area contributed by atoms with Crippen molar-refractivity contribution in [2.45, 2.75) is 12.3 Å². The van der Waals surface area contributed by atoms with Crippen molar-refractivity contribution in [1.29, 1.82) is 0 Å². The number of alkyl halides is 3. The van der Waals surface area contributed by atoms with Crippen molar-refractivity contribution in [3.05, 3.63) is 65.7 Å². The molecular weight excluding hydrogens is 309 g/mol. The molecule has 0 saturated heterocycles. The second kappa shape index (κ2) is 7.15. The quantitative estimate of drug-likeness (QED) is 0.827. The summed E-state index contributed by atoms with van der Waals surface area (Å²) in [6.07, 6.45) is -5.45. The van der Waals surface area contributed by atoms with E-state index in [1.807, 2.05) is 0 Å². The Morgan fingerprint density at radius 2 is 1.65 bits per heavy atom. The summed E-state index contributed by atoms with van der Waals surface area (Å²) in [7, 11) is 1.35. The molecule has 0 fully saturated rings. The zero-order valence-corrected chi connectivity index (χ0v) is 12.2. The Labute approximate surface area is 131 Å². The molecule has 0 saturated carbocycles. The predicted molar refractivity (Wildman–Crippen MR) is 79.4 cm³/mol. The zero-order valence-electron chi connectivity index (χ0n) is 12.2. The number of hydrogen-bond acceptors (Lipinski definition) is 3. The van der Waals surface area contributed by atoms with Gasteiger partial charge in [-0.25, -0.2) is 0 Å². The van der Waals surface area contributed by atoms with E-state index in [0.29, 0.717) is 5.56 Å². The third-order valence-corrected chi connectivity index (χ3v) is 3.13. The average molecular weight is 324 g/mol. The summed E-state index contributed by atoms with van der Waals surface area (Å²) in [5.74, 6) is -0.601. The van der Waals surface area contributed by atoms with Crippen LogP contribution in [-0.4, -0.2) is 13.0 Å². The van der Waals surface area contributed by atoms with Crippen molar-refractivity contribution in [2.24, 2.45) is 0 Å². The summed E-state index contributed by atoms with van der Waals surface area (Å²) in [4.78, 5) is 12.1. The van der Waals surface area contributed by atoms with Gasteiger partial charge in [-0.2, -0.15) is 13.2 Å². The summed E-state index contributed by atoms with van der Waals surface area (Å²) < 4.78 is 43.8. The highest BCUT2D eigenvalue weighted by Gasteiger charge is 2.33. The summed E-state index contributed by atoms with van der Waals surface area (Å²) in [6, 6.07) is 13.5. The molecule has 0 aliphatic heterocycles. The summed E-state index contributed by atoms with van der Waals surface area (Å²) in [6.45, 7) is 0. The van der Waals surface area contributed by atoms with E-state index in [1.54, 1.807) is 30.3 Å². The van der Waals surface area contributed by atoms with Crippen molar-refractivity contribution < 1.29 is 22.7 Å². The number of ether oxygens (including phenoxy) is 1. The maximum absolute atomic E-state index is 12.9. The van der Waals surface area contributed by atoms with Crippen LogP contribution in [0.3, 0.4) is 0 Å². The van der Waals surface area contributed by atoms with Crippen LogP contribution >= 0.6 is 0 Å². The molecular formula is C16H15F3N2O2. The van der Waals surface area contributed by atoms with Crippen LogP contribution in [0.5, 0.6) is 0 Å². The summed E-state index contributed by atoms with van der Waals surface area (Å²) in [5, 5.41) is 0. The number of carbonyl (C=O) groups is 1. The largest absolute Gasteiger partial charge is 0.418 e. The number of methoxy groups -OCH3 is 1. The maximum Gasteiger partial charge on any atom is 0.418 e. The first-order valence-corrected chi connectivity index (χ1v) is 6.73. The Morgan fingerprint density at radius 3 is 2.26 bits per heavy atom. The molecule has 2 aromatic rings. The summed E-state index contributed by atoms with van der Waals surface area (Å²) in [5.41, 5.74) is 4.04. The summed E-state index contributed by atoms with van der Waals surface area (Å²) >= 11 is 0. The highest BCUT2D eigenvalue weighted by Crippen LogP contribution is 2.34. The molecule has 122 valence electrons. The highest BCUT2D eigenvalue weighted by molar-refractivity contribution is 5.83. The molecule has 0 aliphatic carbocycles. The molecule has 1 atom stereocenters. The molecule has 0 heterocycles. The maximum atomic E-state index is 12.9. The van der Waals surface area contributed by atoms with Gasteiger partial charge in [-0.05, 0) is 17.7 Å². The van der Waals surface area contributed by atoms with E-state index in [4.69, 9.17) is 4.74 Å². The first kappa shape index (κ1) is 16.8. The van der Waals surface area contributed by atoms with Gasteiger partial charge in [0.1, 0.15) is 0 Å². The Balaban J connectivity index is 2.10. The van der Waals surface area contributed by atoms with Crippen LogP contribution in [0.4, 0.5) is 18.9 Å². The second-order valence-electron chi connectivity index (χ2n) is 4.68. The van der Waals surface area contributed by atoms with E-state index in [9.17, 15) is 18.0 Å². The van der Waals surface area contributed by atoms with Crippen molar-refractivity contribution in [3.8, 4) is 0 Å². The molecule has 23 heavy (non-hydrogen) atoms. The van der Waals surface area contributed by atoms with Gasteiger partial charge in [0.25, 0.3) is 5.91 Å². The van der Waals surface area contributed by atoms with E-state index < -0.39 is 23.8 Å². The molecule has 2 rings (SSSR count). The first-order chi connectivity index (χ1) is 10.9. The molecule has 4 nitrogen and oxygen atoms in total. The van der Waals surface area contributed by atoms with Gasteiger partial charge in [0.15, 0.2) is 6.10 Å². The fourth-order valence-corrected chi connectivity index (χ4v) is 2.06. The zero-order chi connectivity index (χ0) is 16.9. The Hall–Kier alpha value is -2.54. The van der Waals surface area contributed by atoms with Crippen LogP contribution in [0, 0.1) is 0 Å². The van der Waals surface area contributed by atoms with Gasteiger partial charge in [0, 0.05) is 7.11 Å². The molecule has 2 aromatic carbocycles. The normalized spacial score (nSPS) is 12.5. The molecule has 1 amide bonds. The Bertz CT molecular complexity index is 660. The minimum Gasteiger partial charge on any atom is -0.367 e. The van der Waals surface area contributed by atoms with Crippen LogP contribution in [0.15, 0.2) is 54.6 Å². The standard InChI is InChI=1S/C16H15F3N2O2/c1-23-14(11-7-3-2-4-8-11)15(22)21-20-13-10-6-5-9-12(13)16(17,18)19/h2-10,14,20H,1H3,(H,21,22)/t14-/m1/s1. The number of amides is 1. The molecule has 0 radical (unpaired) electrons. The lowest BCUT2D eigenvalue weighted by Gasteiger charge is -2.18. The number of hydrogen-bond donors (Lipinski definition) is 2. The Kier molecular flexibility index (Phi) is 5.23. The predicted octanol–water partition coefficient (Wildman–Crippen LogP) is 3.54. The smallest absolute Gasteiger partial charge is 0.367 e. The first-order valence-electron chi connectivity index (χ1n) is 6.73. The lowest BCUT2D eigenvalue weighted by Crippen LogP contribution is -2.35. The number of nitrogens with one attached hydrogen (secondary N) is 2. The molecule has 0 bridgehead atoms. The SMILES string of the molecule is CO[C@@H](C(=O)NNc1ccccc1C(F)(F)F)c1ccccc1. The van der Waals surface area contributed by atoms with E-state index in [-0.39, 0.29) is 5.69 Å². The van der Waals surface area contributed by atoms with E-state index in [1.165, 1.54) is 25.3 Å². The third-order valence-electron chi connectivity index (χ3n) is 3.13. The Morgan fingerprint density at radius 1 is 1.04 bits per heavy atom. The number of para-hydroxylation sites is 1. The number of benzene rings is 2. The van der Waals surface area contributed by atoms with E-state index >= 15 is 0 Å². The van der Waals surface area contributed by atoms with Crippen molar-refractivity contribution in [2.75, 3.05) is 12.5 Å². The van der Waals surface area contributed by atoms with Crippen molar-refractivity contribution >= 4 is 11.6 Å². The fraction of sp³-hybridized carbons (Fsp3) is 0.188. The van der Waals surface area contributed by atoms with E-state index in [0.717, 1.165) is 6.07 Å². The van der Waals surface area contributed by atoms with Crippen LogP contribution < -0.4 is 10.9 Å². The molecule has 7 heteroatoms. The van der Waals surface area contributed by atoms with Gasteiger partial charge >= 0.3 is 6.18 Å². The van der Waals surface area contributed by atoms with Crippen LogP contribution in [0.25, 0.3) is 0 Å². The average Bonchev–Trinajstić information content (AvgIpc) is 2.54.